The summed E-state index contributed by atoms with van der Waals surface area (Å²) < 4.78 is 10.2. The van der Waals surface area contributed by atoms with Gasteiger partial charge in [0.05, 0.1) is 13.2 Å². The molecule has 0 radical (unpaired) electrons. The van der Waals surface area contributed by atoms with E-state index < -0.39 is 12.0 Å². The summed E-state index contributed by atoms with van der Waals surface area (Å²) in [5, 5.41) is 0. The first kappa shape index (κ1) is 14.5. The van der Waals surface area contributed by atoms with Crippen LogP contribution in [0.3, 0.4) is 0 Å². The summed E-state index contributed by atoms with van der Waals surface area (Å²) in [6.45, 7) is 5.94. The van der Waals surface area contributed by atoms with Crippen molar-refractivity contribution in [2.75, 3.05) is 7.11 Å². The SMILES string of the molecule is COC(=O)C(N)Cc1ccc(OC(C)C)cc1C. The largest absolute Gasteiger partial charge is 0.491 e. The van der Waals surface area contributed by atoms with Crippen LogP contribution in [-0.2, 0) is 16.0 Å². The molecule has 0 bridgehead atoms. The molecule has 0 amide bonds. The van der Waals surface area contributed by atoms with Crippen molar-refractivity contribution in [1.29, 1.82) is 0 Å². The van der Waals surface area contributed by atoms with Gasteiger partial charge >= 0.3 is 5.97 Å². The second-order valence-corrected chi connectivity index (χ2v) is 4.59. The van der Waals surface area contributed by atoms with Gasteiger partial charge in [-0.15, -0.1) is 0 Å². The molecule has 0 heterocycles. The van der Waals surface area contributed by atoms with Crippen LogP contribution in [0, 0.1) is 6.92 Å². The number of hydrogen-bond donors (Lipinski definition) is 1. The van der Waals surface area contributed by atoms with Crippen LogP contribution in [0.15, 0.2) is 18.2 Å². The second-order valence-electron chi connectivity index (χ2n) is 4.59. The molecule has 0 saturated carbocycles. The van der Waals surface area contributed by atoms with Crippen molar-refractivity contribution in [3.63, 3.8) is 0 Å². The summed E-state index contributed by atoms with van der Waals surface area (Å²) in [5.74, 6) is 0.440. The molecule has 1 rings (SSSR count). The number of methoxy groups -OCH3 is 1. The molecule has 18 heavy (non-hydrogen) atoms. The minimum absolute atomic E-state index is 0.146. The first-order valence-corrected chi connectivity index (χ1v) is 6.03. The van der Waals surface area contributed by atoms with Crippen LogP contribution in [0.5, 0.6) is 5.75 Å². The van der Waals surface area contributed by atoms with E-state index in [1.165, 1.54) is 7.11 Å². The fourth-order valence-electron chi connectivity index (χ4n) is 1.71. The topological polar surface area (TPSA) is 61.5 Å². The molecular weight excluding hydrogens is 230 g/mol. The lowest BCUT2D eigenvalue weighted by atomic mass is 10.0. The minimum atomic E-state index is -0.620. The fourth-order valence-corrected chi connectivity index (χ4v) is 1.71. The van der Waals surface area contributed by atoms with E-state index in [1.54, 1.807) is 0 Å². The van der Waals surface area contributed by atoms with Crippen LogP contribution in [-0.4, -0.2) is 25.2 Å². The van der Waals surface area contributed by atoms with Gasteiger partial charge in [-0.2, -0.15) is 0 Å². The molecular formula is C14H21NO3. The van der Waals surface area contributed by atoms with Gasteiger partial charge in [-0.3, -0.25) is 4.79 Å². The quantitative estimate of drug-likeness (QED) is 0.811. The molecule has 0 fully saturated rings. The Hall–Kier alpha value is -1.55. The molecule has 1 atom stereocenters. The third-order valence-electron chi connectivity index (χ3n) is 2.63. The van der Waals surface area contributed by atoms with Crippen LogP contribution >= 0.6 is 0 Å². The van der Waals surface area contributed by atoms with Gasteiger partial charge < -0.3 is 15.2 Å². The molecule has 0 aromatic heterocycles. The van der Waals surface area contributed by atoms with Crippen molar-refractivity contribution in [1.82, 2.24) is 0 Å². The Bertz CT molecular complexity index is 416. The third kappa shape index (κ3) is 4.04. The number of esters is 1. The van der Waals surface area contributed by atoms with E-state index in [4.69, 9.17) is 10.5 Å². The molecule has 1 aromatic carbocycles. The minimum Gasteiger partial charge on any atom is -0.491 e. The Labute approximate surface area is 108 Å². The molecule has 4 nitrogen and oxygen atoms in total. The highest BCUT2D eigenvalue weighted by atomic mass is 16.5. The van der Waals surface area contributed by atoms with E-state index in [0.29, 0.717) is 6.42 Å². The molecule has 100 valence electrons. The first-order chi connectivity index (χ1) is 8.43. The predicted molar refractivity (Wildman–Crippen MR) is 70.6 cm³/mol. The van der Waals surface area contributed by atoms with E-state index in [0.717, 1.165) is 16.9 Å². The van der Waals surface area contributed by atoms with Gasteiger partial charge in [-0.1, -0.05) is 6.07 Å². The number of rotatable bonds is 5. The lowest BCUT2D eigenvalue weighted by Crippen LogP contribution is -2.33. The van der Waals surface area contributed by atoms with Gasteiger partial charge in [0.1, 0.15) is 11.8 Å². The summed E-state index contributed by atoms with van der Waals surface area (Å²) in [5.41, 5.74) is 7.84. The smallest absolute Gasteiger partial charge is 0.322 e. The van der Waals surface area contributed by atoms with Gasteiger partial charge in [-0.25, -0.2) is 0 Å². The summed E-state index contributed by atoms with van der Waals surface area (Å²) in [7, 11) is 1.34. The van der Waals surface area contributed by atoms with Gasteiger partial charge in [0, 0.05) is 0 Å². The molecule has 0 saturated heterocycles. The third-order valence-corrected chi connectivity index (χ3v) is 2.63. The average Bonchev–Trinajstić information content (AvgIpc) is 2.30. The number of hydrogen-bond acceptors (Lipinski definition) is 4. The highest BCUT2D eigenvalue weighted by molar-refractivity contribution is 5.75. The Kier molecular flexibility index (Phi) is 5.16. The van der Waals surface area contributed by atoms with E-state index in [9.17, 15) is 4.79 Å². The lowest BCUT2D eigenvalue weighted by molar-refractivity contribution is -0.142. The van der Waals surface area contributed by atoms with Gasteiger partial charge in [0.25, 0.3) is 0 Å². The van der Waals surface area contributed by atoms with Crippen molar-refractivity contribution in [3.05, 3.63) is 29.3 Å². The Morgan fingerprint density at radius 1 is 1.39 bits per heavy atom. The molecule has 0 aliphatic heterocycles. The van der Waals surface area contributed by atoms with E-state index in [-0.39, 0.29) is 6.10 Å². The van der Waals surface area contributed by atoms with Crippen molar-refractivity contribution in [3.8, 4) is 5.75 Å². The zero-order chi connectivity index (χ0) is 13.7. The van der Waals surface area contributed by atoms with Gasteiger partial charge in [-0.05, 0) is 50.5 Å². The number of ether oxygens (including phenoxy) is 2. The van der Waals surface area contributed by atoms with Gasteiger partial charge in [0.2, 0.25) is 0 Å². The maximum Gasteiger partial charge on any atom is 0.322 e. The average molecular weight is 251 g/mol. The molecule has 1 aromatic rings. The maximum atomic E-state index is 11.3. The number of aryl methyl sites for hydroxylation is 1. The zero-order valence-corrected chi connectivity index (χ0v) is 11.4. The van der Waals surface area contributed by atoms with E-state index >= 15 is 0 Å². The van der Waals surface area contributed by atoms with E-state index in [1.807, 2.05) is 39.0 Å². The Morgan fingerprint density at radius 2 is 2.06 bits per heavy atom. The molecule has 1 unspecified atom stereocenters. The van der Waals surface area contributed by atoms with Crippen LogP contribution in [0.4, 0.5) is 0 Å². The van der Waals surface area contributed by atoms with Crippen LogP contribution in [0.25, 0.3) is 0 Å². The lowest BCUT2D eigenvalue weighted by Gasteiger charge is -2.14. The molecule has 2 N–H and O–H groups in total. The highest BCUT2D eigenvalue weighted by Gasteiger charge is 2.15. The molecule has 0 aliphatic rings. The highest BCUT2D eigenvalue weighted by Crippen LogP contribution is 2.19. The summed E-state index contributed by atoms with van der Waals surface area (Å²) in [6.07, 6.45) is 0.619. The standard InChI is InChI=1S/C14H21NO3/c1-9(2)18-12-6-5-11(10(3)7-12)8-13(15)14(16)17-4/h5-7,9,13H,8,15H2,1-4H3. The van der Waals surface area contributed by atoms with Crippen LogP contribution in [0.1, 0.15) is 25.0 Å². The number of carbonyl (C=O) groups excluding carboxylic acids is 1. The zero-order valence-electron chi connectivity index (χ0n) is 11.4. The van der Waals surface area contributed by atoms with Gasteiger partial charge in [0.15, 0.2) is 0 Å². The number of carbonyl (C=O) groups is 1. The second kappa shape index (κ2) is 6.40. The number of nitrogens with two attached hydrogens (primary N) is 1. The molecule has 0 spiro atoms. The van der Waals surface area contributed by atoms with Crippen LogP contribution in [0.2, 0.25) is 0 Å². The first-order valence-electron chi connectivity index (χ1n) is 6.03. The van der Waals surface area contributed by atoms with E-state index in [2.05, 4.69) is 4.74 Å². The normalized spacial score (nSPS) is 12.3. The van der Waals surface area contributed by atoms with Crippen LogP contribution < -0.4 is 10.5 Å². The Balaban J connectivity index is 2.76. The predicted octanol–water partition coefficient (Wildman–Crippen LogP) is 1.83. The van der Waals surface area contributed by atoms with Crippen molar-refractivity contribution in [2.45, 2.75) is 39.3 Å². The van der Waals surface area contributed by atoms with Crippen molar-refractivity contribution < 1.29 is 14.3 Å². The summed E-state index contributed by atoms with van der Waals surface area (Å²) in [4.78, 5) is 11.3. The van der Waals surface area contributed by atoms with Crippen molar-refractivity contribution in [2.24, 2.45) is 5.73 Å². The fraction of sp³-hybridized carbons (Fsp3) is 0.500. The summed E-state index contributed by atoms with van der Waals surface area (Å²) >= 11 is 0. The molecule has 4 heteroatoms. The summed E-state index contributed by atoms with van der Waals surface area (Å²) in [6, 6.07) is 5.17. The van der Waals surface area contributed by atoms with Crippen molar-refractivity contribution >= 4 is 5.97 Å². The number of benzene rings is 1. The monoisotopic (exact) mass is 251 g/mol. The maximum absolute atomic E-state index is 11.3. The molecule has 0 aliphatic carbocycles. The Morgan fingerprint density at radius 3 is 2.56 bits per heavy atom.